The summed E-state index contributed by atoms with van der Waals surface area (Å²) in [5.41, 5.74) is 2.10. The minimum Gasteiger partial charge on any atom is -0.376 e. The molecule has 3 aromatic rings. The number of pyridine rings is 2. The molecule has 9 heteroatoms. The summed E-state index contributed by atoms with van der Waals surface area (Å²) in [6.45, 7) is 5.10. The normalized spacial score (nSPS) is 15.9. The zero-order valence-corrected chi connectivity index (χ0v) is 17.6. The molecular formula is C22H25N5O4. The molecule has 4 heterocycles. The third-order valence-corrected chi connectivity index (χ3v) is 5.35. The summed E-state index contributed by atoms with van der Waals surface area (Å²) >= 11 is 0. The van der Waals surface area contributed by atoms with Crippen LogP contribution in [0.2, 0.25) is 0 Å². The SMILES string of the molecule is Cc1cc(C)n(C[C@@H]2CCCO2)c(=O)c1C(=O)NCCc1nc(-c2cccnc2)no1. The van der Waals surface area contributed by atoms with Gasteiger partial charge in [0, 0.05) is 43.2 Å². The highest BCUT2D eigenvalue weighted by Crippen LogP contribution is 2.16. The van der Waals surface area contributed by atoms with Gasteiger partial charge in [-0.15, -0.1) is 0 Å². The quantitative estimate of drug-likeness (QED) is 0.619. The molecule has 31 heavy (non-hydrogen) atoms. The number of carbonyl (C=O) groups excluding carboxylic acids is 1. The van der Waals surface area contributed by atoms with Crippen LogP contribution >= 0.6 is 0 Å². The number of aromatic nitrogens is 4. The highest BCUT2D eigenvalue weighted by atomic mass is 16.5. The Kier molecular flexibility index (Phi) is 6.22. The summed E-state index contributed by atoms with van der Waals surface area (Å²) in [5, 5.41) is 6.73. The molecule has 1 amide bonds. The van der Waals surface area contributed by atoms with Gasteiger partial charge in [0.15, 0.2) is 0 Å². The maximum Gasteiger partial charge on any atom is 0.263 e. The number of nitrogens with zero attached hydrogens (tertiary/aromatic N) is 4. The third kappa shape index (κ3) is 4.72. The molecule has 1 aliphatic rings. The number of hydrogen-bond acceptors (Lipinski definition) is 7. The van der Waals surface area contributed by atoms with Crippen LogP contribution in [0.15, 0.2) is 39.9 Å². The van der Waals surface area contributed by atoms with Gasteiger partial charge in [-0.05, 0) is 50.5 Å². The lowest BCUT2D eigenvalue weighted by Gasteiger charge is -2.17. The van der Waals surface area contributed by atoms with E-state index in [1.165, 1.54) is 0 Å². The van der Waals surface area contributed by atoms with Crippen molar-refractivity contribution in [3.63, 3.8) is 0 Å². The number of ether oxygens (including phenoxy) is 1. The molecule has 4 rings (SSSR count). The Bertz CT molecular complexity index is 1120. The minimum absolute atomic E-state index is 0.0153. The zero-order valence-electron chi connectivity index (χ0n) is 17.6. The molecule has 1 N–H and O–H groups in total. The topological polar surface area (TPSA) is 112 Å². The molecule has 0 spiro atoms. The highest BCUT2D eigenvalue weighted by Gasteiger charge is 2.22. The fourth-order valence-electron chi connectivity index (χ4n) is 3.76. The standard InChI is InChI=1S/C22H25N5O4/c1-14-11-15(2)27(13-17-6-4-10-30-17)22(29)19(14)21(28)24-9-7-18-25-20(26-31-18)16-5-3-8-23-12-16/h3,5,8,11-12,17H,4,6-7,9-10,13H2,1-2H3,(H,24,28)/t17-/m0/s1. The van der Waals surface area contributed by atoms with Crippen molar-refractivity contribution in [3.8, 4) is 11.4 Å². The molecule has 1 aliphatic heterocycles. The van der Waals surface area contributed by atoms with Crippen LogP contribution in [0, 0.1) is 13.8 Å². The average molecular weight is 423 g/mol. The highest BCUT2D eigenvalue weighted by molar-refractivity contribution is 5.95. The van der Waals surface area contributed by atoms with E-state index in [4.69, 9.17) is 9.26 Å². The van der Waals surface area contributed by atoms with E-state index >= 15 is 0 Å². The molecule has 0 saturated carbocycles. The van der Waals surface area contributed by atoms with Gasteiger partial charge < -0.3 is 19.1 Å². The Morgan fingerprint density at radius 3 is 2.97 bits per heavy atom. The van der Waals surface area contributed by atoms with Gasteiger partial charge in [-0.3, -0.25) is 14.6 Å². The first-order chi connectivity index (χ1) is 15.0. The molecule has 9 nitrogen and oxygen atoms in total. The van der Waals surface area contributed by atoms with Crippen molar-refractivity contribution in [3.05, 3.63) is 63.7 Å². The van der Waals surface area contributed by atoms with E-state index in [1.807, 2.05) is 19.1 Å². The number of aryl methyl sites for hydroxylation is 2. The summed E-state index contributed by atoms with van der Waals surface area (Å²) < 4.78 is 12.5. The Labute approximate surface area is 179 Å². The average Bonchev–Trinajstić information content (AvgIpc) is 3.44. The lowest BCUT2D eigenvalue weighted by molar-refractivity contribution is 0.0927. The second-order valence-corrected chi connectivity index (χ2v) is 7.65. The smallest absolute Gasteiger partial charge is 0.263 e. The van der Waals surface area contributed by atoms with Crippen molar-refractivity contribution < 1.29 is 14.1 Å². The van der Waals surface area contributed by atoms with Crippen LogP contribution in [0.4, 0.5) is 0 Å². The van der Waals surface area contributed by atoms with E-state index < -0.39 is 5.91 Å². The van der Waals surface area contributed by atoms with Gasteiger partial charge >= 0.3 is 0 Å². The fraction of sp³-hybridized carbons (Fsp3) is 0.409. The molecule has 1 atom stereocenters. The number of rotatable bonds is 7. The monoisotopic (exact) mass is 423 g/mol. The molecule has 1 saturated heterocycles. The Hall–Kier alpha value is -3.33. The van der Waals surface area contributed by atoms with E-state index in [2.05, 4.69) is 20.4 Å². The molecule has 0 bridgehead atoms. The van der Waals surface area contributed by atoms with E-state index in [0.717, 1.165) is 30.7 Å². The van der Waals surface area contributed by atoms with Gasteiger partial charge in [-0.25, -0.2) is 0 Å². The lowest BCUT2D eigenvalue weighted by atomic mass is 10.1. The molecule has 0 aromatic carbocycles. The first kappa shape index (κ1) is 20.9. The zero-order chi connectivity index (χ0) is 21.8. The first-order valence-corrected chi connectivity index (χ1v) is 10.4. The molecule has 1 fully saturated rings. The van der Waals surface area contributed by atoms with Crippen molar-refractivity contribution in [1.29, 1.82) is 0 Å². The fourth-order valence-corrected chi connectivity index (χ4v) is 3.76. The van der Waals surface area contributed by atoms with E-state index in [9.17, 15) is 9.59 Å². The molecule has 0 aliphatic carbocycles. The maximum atomic E-state index is 13.0. The Morgan fingerprint density at radius 1 is 1.35 bits per heavy atom. The summed E-state index contributed by atoms with van der Waals surface area (Å²) in [5.74, 6) is 0.437. The summed E-state index contributed by atoms with van der Waals surface area (Å²) in [6.07, 6.45) is 5.61. The van der Waals surface area contributed by atoms with Gasteiger partial charge in [0.25, 0.3) is 11.5 Å². The van der Waals surface area contributed by atoms with Crippen LogP contribution in [0.25, 0.3) is 11.4 Å². The summed E-state index contributed by atoms with van der Waals surface area (Å²) in [6, 6.07) is 5.50. The van der Waals surface area contributed by atoms with Crippen molar-refractivity contribution in [2.24, 2.45) is 0 Å². The summed E-state index contributed by atoms with van der Waals surface area (Å²) in [4.78, 5) is 34.2. The molecule has 0 radical (unpaired) electrons. The molecule has 0 unspecified atom stereocenters. The van der Waals surface area contributed by atoms with Crippen LogP contribution < -0.4 is 10.9 Å². The third-order valence-electron chi connectivity index (χ3n) is 5.35. The van der Waals surface area contributed by atoms with Crippen LogP contribution in [0.3, 0.4) is 0 Å². The number of amides is 1. The van der Waals surface area contributed by atoms with Crippen LogP contribution in [-0.2, 0) is 17.7 Å². The number of carbonyl (C=O) groups is 1. The van der Waals surface area contributed by atoms with Crippen LogP contribution in [0.1, 0.15) is 40.3 Å². The number of nitrogens with one attached hydrogen (secondary N) is 1. The second kappa shape index (κ2) is 9.22. The second-order valence-electron chi connectivity index (χ2n) is 7.65. The maximum absolute atomic E-state index is 13.0. The molecule has 3 aromatic heterocycles. The predicted molar refractivity (Wildman–Crippen MR) is 113 cm³/mol. The minimum atomic E-state index is -0.407. The number of hydrogen-bond donors (Lipinski definition) is 1. The predicted octanol–water partition coefficient (Wildman–Crippen LogP) is 2.06. The lowest BCUT2D eigenvalue weighted by Crippen LogP contribution is -2.37. The largest absolute Gasteiger partial charge is 0.376 e. The molecule has 162 valence electrons. The van der Waals surface area contributed by atoms with Gasteiger partial charge in [0.05, 0.1) is 12.6 Å². The van der Waals surface area contributed by atoms with Gasteiger partial charge in [-0.2, -0.15) is 4.98 Å². The van der Waals surface area contributed by atoms with Crippen molar-refractivity contribution in [1.82, 2.24) is 25.0 Å². The Morgan fingerprint density at radius 2 is 2.23 bits per heavy atom. The van der Waals surface area contributed by atoms with Crippen molar-refractivity contribution >= 4 is 5.91 Å². The van der Waals surface area contributed by atoms with Gasteiger partial charge in [-0.1, -0.05) is 5.16 Å². The van der Waals surface area contributed by atoms with E-state index in [-0.39, 0.29) is 23.8 Å². The first-order valence-electron chi connectivity index (χ1n) is 10.4. The van der Waals surface area contributed by atoms with E-state index in [1.54, 1.807) is 30.0 Å². The molecular weight excluding hydrogens is 398 g/mol. The summed E-state index contributed by atoms with van der Waals surface area (Å²) in [7, 11) is 0. The van der Waals surface area contributed by atoms with Gasteiger partial charge in [0.1, 0.15) is 5.56 Å². The van der Waals surface area contributed by atoms with Crippen LogP contribution in [-0.4, -0.2) is 44.9 Å². The van der Waals surface area contributed by atoms with E-state index in [0.29, 0.717) is 30.2 Å². The Balaban J connectivity index is 1.41. The van der Waals surface area contributed by atoms with Crippen LogP contribution in [0.5, 0.6) is 0 Å². The van der Waals surface area contributed by atoms with Gasteiger partial charge in [0.2, 0.25) is 11.7 Å². The van der Waals surface area contributed by atoms with Crippen molar-refractivity contribution in [2.75, 3.05) is 13.2 Å². The van der Waals surface area contributed by atoms with Crippen molar-refractivity contribution in [2.45, 2.75) is 45.8 Å².